The van der Waals surface area contributed by atoms with Crippen LogP contribution in [-0.2, 0) is 24.2 Å². The van der Waals surface area contributed by atoms with Crippen LogP contribution >= 0.6 is 0 Å². The van der Waals surface area contributed by atoms with Gasteiger partial charge in [-0.25, -0.2) is 0 Å². The first-order valence-electron chi connectivity index (χ1n) is 10.9. The first-order chi connectivity index (χ1) is 16.0. The van der Waals surface area contributed by atoms with Crippen molar-refractivity contribution in [3.8, 4) is 0 Å². The van der Waals surface area contributed by atoms with Crippen LogP contribution in [0, 0.1) is 5.92 Å². The van der Waals surface area contributed by atoms with Crippen molar-refractivity contribution in [2.24, 2.45) is 16.6 Å². The van der Waals surface area contributed by atoms with Crippen LogP contribution < -0.4 is 11.1 Å². The predicted molar refractivity (Wildman–Crippen MR) is 127 cm³/mol. The van der Waals surface area contributed by atoms with Crippen molar-refractivity contribution in [3.05, 3.63) is 94.8 Å². The Labute approximate surface area is 192 Å². The Morgan fingerprint density at radius 2 is 1.88 bits per heavy atom. The van der Waals surface area contributed by atoms with Crippen molar-refractivity contribution in [2.75, 3.05) is 5.32 Å². The number of carboxylic acids is 1. The van der Waals surface area contributed by atoms with E-state index in [2.05, 4.69) is 15.3 Å². The Balaban J connectivity index is 1.39. The number of hydrogen-bond acceptors (Lipinski definition) is 4. The smallest absolute Gasteiger partial charge is 0.303 e. The molecule has 1 amide bonds. The number of rotatable bonds is 7. The number of nitrogens with one attached hydrogen (secondary N) is 1. The van der Waals surface area contributed by atoms with Gasteiger partial charge in [-0.15, -0.1) is 0 Å². The Bertz CT molecular complexity index is 1170. The standard InChI is InChI=1S/C26H26N4O3/c27-25(29-16-18-2-1-11-28-15-18)20-5-7-21(8-6-20)26(33)30-23-10-9-19-4-3-17(13-24(31)32)12-22(19)14-23/h1-2,5-11,14-15,17H,3-4,12-13,16H2,(H2,27,29)(H,30,33)(H,31,32). The fourth-order valence-electron chi connectivity index (χ4n) is 4.09. The third-order valence-corrected chi connectivity index (χ3v) is 5.86. The molecule has 0 radical (unpaired) electrons. The molecule has 0 aliphatic heterocycles. The summed E-state index contributed by atoms with van der Waals surface area (Å²) in [4.78, 5) is 32.2. The summed E-state index contributed by atoms with van der Waals surface area (Å²) in [5.41, 5.74) is 11.4. The summed E-state index contributed by atoms with van der Waals surface area (Å²) < 4.78 is 0. The summed E-state index contributed by atoms with van der Waals surface area (Å²) >= 11 is 0. The lowest BCUT2D eigenvalue weighted by Gasteiger charge is -2.24. The van der Waals surface area contributed by atoms with Gasteiger partial charge in [0, 0.05) is 35.6 Å². The Morgan fingerprint density at radius 3 is 2.61 bits per heavy atom. The third kappa shape index (κ3) is 5.83. The van der Waals surface area contributed by atoms with E-state index in [4.69, 9.17) is 10.8 Å². The molecule has 168 valence electrons. The number of nitrogens with zero attached hydrogens (tertiary/aromatic N) is 2. The van der Waals surface area contributed by atoms with E-state index < -0.39 is 5.97 Å². The number of fused-ring (bicyclic) bond motifs is 1. The van der Waals surface area contributed by atoms with Gasteiger partial charge in [0.25, 0.3) is 5.91 Å². The molecule has 0 spiro atoms. The lowest BCUT2D eigenvalue weighted by Crippen LogP contribution is -2.18. The van der Waals surface area contributed by atoms with Gasteiger partial charge in [0.05, 0.1) is 6.54 Å². The molecule has 4 N–H and O–H groups in total. The zero-order chi connectivity index (χ0) is 23.2. The predicted octanol–water partition coefficient (Wildman–Crippen LogP) is 3.82. The number of carbonyl (C=O) groups is 2. The first kappa shape index (κ1) is 22.2. The van der Waals surface area contributed by atoms with Crippen LogP contribution in [0.5, 0.6) is 0 Å². The van der Waals surface area contributed by atoms with Gasteiger partial charge in [-0.3, -0.25) is 19.6 Å². The number of anilines is 1. The summed E-state index contributed by atoms with van der Waals surface area (Å²) in [5.74, 6) is -0.445. The molecule has 0 saturated heterocycles. The molecular formula is C26H26N4O3. The number of amidine groups is 1. The van der Waals surface area contributed by atoms with Crippen LogP contribution in [0.15, 0.2) is 72.0 Å². The van der Waals surface area contributed by atoms with Crippen molar-refractivity contribution >= 4 is 23.4 Å². The Morgan fingerprint density at radius 1 is 1.09 bits per heavy atom. The van der Waals surface area contributed by atoms with E-state index in [0.29, 0.717) is 23.6 Å². The third-order valence-electron chi connectivity index (χ3n) is 5.86. The summed E-state index contributed by atoms with van der Waals surface area (Å²) in [5, 5.41) is 12.0. The maximum Gasteiger partial charge on any atom is 0.303 e. The SMILES string of the molecule is NC(=NCc1cccnc1)c1ccc(C(=O)Nc2ccc3c(c2)CC(CC(=O)O)CC3)cc1. The second kappa shape index (κ2) is 10.1. The molecule has 33 heavy (non-hydrogen) atoms. The van der Waals surface area contributed by atoms with Crippen LogP contribution in [0.2, 0.25) is 0 Å². The number of aromatic nitrogens is 1. The molecule has 1 aliphatic rings. The molecule has 1 atom stereocenters. The van der Waals surface area contributed by atoms with Crippen molar-refractivity contribution in [1.82, 2.24) is 4.98 Å². The Kier molecular flexibility index (Phi) is 6.78. The van der Waals surface area contributed by atoms with Crippen LogP contribution in [0.3, 0.4) is 0 Å². The number of amides is 1. The maximum atomic E-state index is 12.7. The summed E-state index contributed by atoms with van der Waals surface area (Å²) in [7, 11) is 0. The highest BCUT2D eigenvalue weighted by Gasteiger charge is 2.21. The minimum absolute atomic E-state index is 0.138. The molecule has 1 aliphatic carbocycles. The number of pyridine rings is 1. The fourth-order valence-corrected chi connectivity index (χ4v) is 4.09. The van der Waals surface area contributed by atoms with Crippen molar-refractivity contribution in [3.63, 3.8) is 0 Å². The largest absolute Gasteiger partial charge is 0.481 e. The van der Waals surface area contributed by atoms with Gasteiger partial charge in [0.2, 0.25) is 0 Å². The number of carboxylic acid groups (broad SMARTS) is 1. The molecule has 1 unspecified atom stereocenters. The van der Waals surface area contributed by atoms with Gasteiger partial charge in [-0.1, -0.05) is 24.3 Å². The van der Waals surface area contributed by atoms with Crippen LogP contribution in [0.1, 0.15) is 45.5 Å². The van der Waals surface area contributed by atoms with Gasteiger partial charge in [0.15, 0.2) is 0 Å². The monoisotopic (exact) mass is 442 g/mol. The van der Waals surface area contributed by atoms with Crippen molar-refractivity contribution in [1.29, 1.82) is 0 Å². The van der Waals surface area contributed by atoms with Gasteiger partial charge < -0.3 is 16.2 Å². The quantitative estimate of drug-likeness (QED) is 0.380. The zero-order valence-electron chi connectivity index (χ0n) is 18.2. The molecule has 7 nitrogen and oxygen atoms in total. The summed E-state index contributed by atoms with van der Waals surface area (Å²) in [6.07, 6.45) is 6.10. The number of nitrogens with two attached hydrogens (primary N) is 1. The van der Waals surface area contributed by atoms with Gasteiger partial charge in [-0.2, -0.15) is 0 Å². The number of aryl methyl sites for hydroxylation is 1. The van der Waals surface area contributed by atoms with E-state index in [-0.39, 0.29) is 18.2 Å². The van der Waals surface area contributed by atoms with E-state index in [0.717, 1.165) is 36.0 Å². The van der Waals surface area contributed by atoms with Gasteiger partial charge >= 0.3 is 5.97 Å². The highest BCUT2D eigenvalue weighted by molar-refractivity contribution is 6.05. The molecule has 3 aromatic rings. The van der Waals surface area contributed by atoms with Crippen molar-refractivity contribution in [2.45, 2.75) is 32.2 Å². The minimum Gasteiger partial charge on any atom is -0.481 e. The molecular weight excluding hydrogens is 416 g/mol. The molecule has 4 rings (SSSR count). The molecule has 0 bridgehead atoms. The number of carbonyl (C=O) groups excluding carboxylic acids is 1. The van der Waals surface area contributed by atoms with Gasteiger partial charge in [-0.05, 0) is 72.2 Å². The van der Waals surface area contributed by atoms with E-state index >= 15 is 0 Å². The second-order valence-corrected chi connectivity index (χ2v) is 8.28. The summed E-state index contributed by atoms with van der Waals surface area (Å²) in [6, 6.07) is 16.7. The number of hydrogen-bond donors (Lipinski definition) is 3. The van der Waals surface area contributed by atoms with Crippen LogP contribution in [-0.4, -0.2) is 27.8 Å². The topological polar surface area (TPSA) is 118 Å². The van der Waals surface area contributed by atoms with E-state index in [1.807, 2.05) is 30.3 Å². The lowest BCUT2D eigenvalue weighted by molar-refractivity contribution is -0.138. The lowest BCUT2D eigenvalue weighted by atomic mass is 9.82. The second-order valence-electron chi connectivity index (χ2n) is 8.28. The highest BCUT2D eigenvalue weighted by Crippen LogP contribution is 2.29. The number of aliphatic imine (C=N–C) groups is 1. The Hall–Kier alpha value is -4.00. The van der Waals surface area contributed by atoms with E-state index in [9.17, 15) is 9.59 Å². The molecule has 7 heteroatoms. The highest BCUT2D eigenvalue weighted by atomic mass is 16.4. The summed E-state index contributed by atoms with van der Waals surface area (Å²) in [6.45, 7) is 0.438. The van der Waals surface area contributed by atoms with Crippen LogP contribution in [0.4, 0.5) is 5.69 Å². The molecule has 0 fully saturated rings. The fraction of sp³-hybridized carbons (Fsp3) is 0.231. The average Bonchev–Trinajstić information content (AvgIpc) is 2.82. The molecule has 1 heterocycles. The van der Waals surface area contributed by atoms with E-state index in [1.165, 1.54) is 5.56 Å². The normalized spacial score (nSPS) is 15.5. The minimum atomic E-state index is -0.765. The van der Waals surface area contributed by atoms with Crippen molar-refractivity contribution < 1.29 is 14.7 Å². The molecule has 1 aromatic heterocycles. The van der Waals surface area contributed by atoms with Crippen LogP contribution in [0.25, 0.3) is 0 Å². The number of benzene rings is 2. The molecule has 0 saturated carbocycles. The number of aliphatic carboxylic acids is 1. The maximum absolute atomic E-state index is 12.7. The van der Waals surface area contributed by atoms with E-state index in [1.54, 1.807) is 36.7 Å². The first-order valence-corrected chi connectivity index (χ1v) is 10.9. The molecule has 2 aromatic carbocycles. The van der Waals surface area contributed by atoms with Gasteiger partial charge in [0.1, 0.15) is 5.84 Å². The zero-order valence-corrected chi connectivity index (χ0v) is 18.2. The average molecular weight is 443 g/mol.